The molecule has 4 nitrogen and oxygen atoms in total. The van der Waals surface area contributed by atoms with Crippen molar-refractivity contribution in [1.29, 1.82) is 0 Å². The van der Waals surface area contributed by atoms with E-state index in [1.54, 1.807) is 12.1 Å². The molecule has 0 N–H and O–H groups in total. The van der Waals surface area contributed by atoms with Crippen molar-refractivity contribution in [2.45, 2.75) is 18.2 Å². The quantitative estimate of drug-likeness (QED) is 0.457. The first-order chi connectivity index (χ1) is 14.5. The van der Waals surface area contributed by atoms with E-state index >= 15 is 0 Å². The molecule has 30 heavy (non-hydrogen) atoms. The molecule has 0 amide bonds. The summed E-state index contributed by atoms with van der Waals surface area (Å²) < 4.78 is 30.5. The van der Waals surface area contributed by atoms with Gasteiger partial charge < -0.3 is 9.34 Å². The minimum absolute atomic E-state index is 0.181. The average molecular weight is 439 g/mol. The fourth-order valence-corrected chi connectivity index (χ4v) is 7.93. The van der Waals surface area contributed by atoms with E-state index < -0.39 is 18.1 Å². The van der Waals surface area contributed by atoms with Gasteiger partial charge in [0, 0.05) is 30.6 Å². The van der Waals surface area contributed by atoms with E-state index in [4.69, 9.17) is 0 Å². The van der Waals surface area contributed by atoms with Gasteiger partial charge in [0.2, 0.25) is 0 Å². The first-order valence-electron chi connectivity index (χ1n) is 10.3. The van der Waals surface area contributed by atoms with Crippen LogP contribution in [0.1, 0.15) is 12.0 Å². The molecule has 6 heteroatoms. The van der Waals surface area contributed by atoms with Crippen LogP contribution >= 0.6 is 8.22 Å². The van der Waals surface area contributed by atoms with Gasteiger partial charge in [-0.3, -0.25) is 0 Å². The molecule has 0 saturated carbocycles. The highest BCUT2D eigenvalue weighted by Crippen LogP contribution is 2.53. The predicted molar refractivity (Wildman–Crippen MR) is 127 cm³/mol. The lowest BCUT2D eigenvalue weighted by Gasteiger charge is -2.32. The second-order valence-electron chi connectivity index (χ2n) is 7.50. The van der Waals surface area contributed by atoms with Crippen LogP contribution in [0.2, 0.25) is 0 Å². The van der Waals surface area contributed by atoms with Crippen LogP contribution in [0, 0.1) is 6.92 Å². The number of aryl methyl sites for hydroxylation is 1. The maximum absolute atomic E-state index is 12.8. The number of rotatable bonds is 7. The van der Waals surface area contributed by atoms with Crippen LogP contribution in [0.5, 0.6) is 0 Å². The number of sulfone groups is 1. The zero-order chi connectivity index (χ0) is 21.0. The molecule has 1 aliphatic heterocycles. The SMILES string of the molecule is Cc1ccc(S(=O)(=O)CCCP2N(c3ccccc3)CCN2c2ccccc2)cc1. The second-order valence-corrected chi connectivity index (χ2v) is 11.8. The van der Waals surface area contributed by atoms with Gasteiger partial charge in [0.05, 0.1) is 18.9 Å². The van der Waals surface area contributed by atoms with Crippen LogP contribution in [0.3, 0.4) is 0 Å². The summed E-state index contributed by atoms with van der Waals surface area (Å²) in [5, 5.41) is 0. The van der Waals surface area contributed by atoms with E-state index in [1.807, 2.05) is 31.2 Å². The lowest BCUT2D eigenvalue weighted by molar-refractivity contribution is 0.595. The Kier molecular flexibility index (Phi) is 6.40. The molecule has 1 fully saturated rings. The van der Waals surface area contributed by atoms with Crippen molar-refractivity contribution < 1.29 is 8.42 Å². The van der Waals surface area contributed by atoms with E-state index in [9.17, 15) is 8.42 Å². The summed E-state index contributed by atoms with van der Waals surface area (Å²) in [5.41, 5.74) is 3.49. The van der Waals surface area contributed by atoms with Crippen LogP contribution < -0.4 is 9.34 Å². The normalized spacial score (nSPS) is 15.0. The Balaban J connectivity index is 1.51. The fourth-order valence-electron chi connectivity index (χ4n) is 3.78. The molecule has 0 aromatic heterocycles. The molecule has 1 heterocycles. The highest BCUT2D eigenvalue weighted by molar-refractivity contribution is 7.91. The number of hydrogen-bond acceptors (Lipinski definition) is 4. The summed E-state index contributed by atoms with van der Waals surface area (Å²) in [7, 11) is -3.91. The van der Waals surface area contributed by atoms with Crippen LogP contribution in [0.25, 0.3) is 0 Å². The molecule has 0 aliphatic carbocycles. The molecule has 3 aromatic carbocycles. The summed E-state index contributed by atoms with van der Waals surface area (Å²) >= 11 is 0. The predicted octanol–water partition coefficient (Wildman–Crippen LogP) is 5.50. The van der Waals surface area contributed by atoms with Crippen LogP contribution in [0.15, 0.2) is 89.8 Å². The number of anilines is 2. The van der Waals surface area contributed by atoms with Gasteiger partial charge >= 0.3 is 0 Å². The van der Waals surface area contributed by atoms with E-state index in [0.717, 1.165) is 24.8 Å². The summed E-state index contributed by atoms with van der Waals surface area (Å²) in [4.78, 5) is 0.423. The lowest BCUT2D eigenvalue weighted by Crippen LogP contribution is -2.18. The summed E-state index contributed by atoms with van der Waals surface area (Å²) in [5.74, 6) is 0.181. The third kappa shape index (κ3) is 4.69. The smallest absolute Gasteiger partial charge is 0.178 e. The van der Waals surface area contributed by atoms with Gasteiger partial charge in [-0.15, -0.1) is 0 Å². The van der Waals surface area contributed by atoms with Gasteiger partial charge in [0.25, 0.3) is 0 Å². The number of nitrogens with zero attached hydrogens (tertiary/aromatic N) is 2. The van der Waals surface area contributed by atoms with Crippen LogP contribution in [0.4, 0.5) is 11.4 Å². The molecular formula is C24H27N2O2PS. The number of benzene rings is 3. The monoisotopic (exact) mass is 438 g/mol. The highest BCUT2D eigenvalue weighted by Gasteiger charge is 2.32. The second kappa shape index (κ2) is 9.20. The third-order valence-corrected chi connectivity index (χ3v) is 9.85. The largest absolute Gasteiger partial charge is 0.332 e. The molecule has 0 radical (unpaired) electrons. The van der Waals surface area contributed by atoms with Gasteiger partial charge in [-0.2, -0.15) is 0 Å². The molecule has 0 bridgehead atoms. The van der Waals surface area contributed by atoms with Gasteiger partial charge in [-0.05, 0) is 49.7 Å². The summed E-state index contributed by atoms with van der Waals surface area (Å²) in [6.07, 6.45) is 1.50. The Hall–Kier alpha value is -2.36. The molecular weight excluding hydrogens is 411 g/mol. The van der Waals surface area contributed by atoms with Crippen molar-refractivity contribution in [1.82, 2.24) is 0 Å². The maximum Gasteiger partial charge on any atom is 0.178 e. The molecule has 0 atom stereocenters. The summed E-state index contributed by atoms with van der Waals surface area (Å²) in [6.45, 7) is 3.88. The molecule has 156 valence electrons. The fraction of sp³-hybridized carbons (Fsp3) is 0.250. The van der Waals surface area contributed by atoms with Crippen LogP contribution in [-0.4, -0.2) is 33.4 Å². The minimum atomic E-state index is -3.26. The molecule has 0 spiro atoms. The van der Waals surface area contributed by atoms with Gasteiger partial charge in [-0.1, -0.05) is 54.1 Å². The minimum Gasteiger partial charge on any atom is -0.332 e. The van der Waals surface area contributed by atoms with E-state index in [-0.39, 0.29) is 5.75 Å². The molecule has 0 unspecified atom stereocenters. The highest BCUT2D eigenvalue weighted by atomic mass is 32.2. The molecule has 1 aliphatic rings. The zero-order valence-corrected chi connectivity index (χ0v) is 18.9. The zero-order valence-electron chi connectivity index (χ0n) is 17.2. The third-order valence-electron chi connectivity index (χ3n) is 5.34. The average Bonchev–Trinajstić information content (AvgIpc) is 3.19. The molecule has 1 saturated heterocycles. The Morgan fingerprint density at radius 2 is 1.27 bits per heavy atom. The van der Waals surface area contributed by atoms with Crippen molar-refractivity contribution in [3.63, 3.8) is 0 Å². The Morgan fingerprint density at radius 3 is 1.77 bits per heavy atom. The topological polar surface area (TPSA) is 40.6 Å². The summed E-state index contributed by atoms with van der Waals surface area (Å²) in [6, 6.07) is 28.1. The molecule has 3 aromatic rings. The lowest BCUT2D eigenvalue weighted by atomic mass is 10.2. The Morgan fingerprint density at radius 1 is 0.767 bits per heavy atom. The van der Waals surface area contributed by atoms with Gasteiger partial charge in [-0.25, -0.2) is 8.42 Å². The van der Waals surface area contributed by atoms with Crippen molar-refractivity contribution in [3.8, 4) is 0 Å². The Labute approximate surface area is 180 Å². The van der Waals surface area contributed by atoms with E-state index in [0.29, 0.717) is 11.3 Å². The van der Waals surface area contributed by atoms with Crippen molar-refractivity contribution in [2.75, 3.05) is 34.3 Å². The van der Waals surface area contributed by atoms with Gasteiger partial charge in [0.1, 0.15) is 0 Å². The molecule has 4 rings (SSSR count). The van der Waals surface area contributed by atoms with Gasteiger partial charge in [0.15, 0.2) is 9.84 Å². The number of hydrogen-bond donors (Lipinski definition) is 0. The van der Waals surface area contributed by atoms with E-state index in [2.05, 4.69) is 57.9 Å². The Bertz CT molecular complexity index is 1010. The van der Waals surface area contributed by atoms with Crippen molar-refractivity contribution in [2.24, 2.45) is 0 Å². The van der Waals surface area contributed by atoms with Crippen molar-refractivity contribution in [3.05, 3.63) is 90.5 Å². The van der Waals surface area contributed by atoms with Crippen molar-refractivity contribution >= 4 is 29.4 Å². The van der Waals surface area contributed by atoms with Crippen LogP contribution in [-0.2, 0) is 9.84 Å². The van der Waals surface area contributed by atoms with E-state index in [1.165, 1.54) is 11.4 Å². The number of para-hydroxylation sites is 2. The first-order valence-corrected chi connectivity index (χ1v) is 13.3. The standard InChI is InChI=1S/C24H27N2O2PS/c1-21-13-15-24(16-14-21)30(27,28)20-8-19-29-25(22-9-4-2-5-10-22)17-18-26(29)23-11-6-3-7-12-23/h2-7,9-16H,8,17-20H2,1H3. The maximum atomic E-state index is 12.8. The first kappa shape index (κ1) is 20.9.